The molecule has 31 heavy (non-hydrogen) atoms. The van der Waals surface area contributed by atoms with Gasteiger partial charge in [-0.25, -0.2) is 0 Å². The van der Waals surface area contributed by atoms with Crippen LogP contribution >= 0.6 is 0 Å². The number of methoxy groups -OCH3 is 1. The van der Waals surface area contributed by atoms with Gasteiger partial charge in [0.1, 0.15) is 5.75 Å². The fourth-order valence-electron chi connectivity index (χ4n) is 4.10. The number of aryl methyl sites for hydroxylation is 1. The van der Waals surface area contributed by atoms with Gasteiger partial charge in [-0.2, -0.15) is 0 Å². The van der Waals surface area contributed by atoms with Gasteiger partial charge in [0.05, 0.1) is 12.7 Å². The van der Waals surface area contributed by atoms with Crippen molar-refractivity contribution in [1.29, 1.82) is 0 Å². The number of nitrogens with one attached hydrogen (secondary N) is 2. The number of H-pyrrole nitrogens is 1. The van der Waals surface area contributed by atoms with Crippen molar-refractivity contribution in [1.82, 2.24) is 4.98 Å². The van der Waals surface area contributed by atoms with Crippen LogP contribution in [-0.2, 0) is 16.0 Å². The van der Waals surface area contributed by atoms with E-state index in [4.69, 9.17) is 9.84 Å². The smallest absolute Gasteiger partial charge is 0.303 e. The van der Waals surface area contributed by atoms with E-state index in [9.17, 15) is 9.59 Å². The molecule has 0 spiro atoms. The third-order valence-electron chi connectivity index (χ3n) is 5.73. The van der Waals surface area contributed by atoms with Crippen molar-refractivity contribution >= 4 is 29.2 Å². The van der Waals surface area contributed by atoms with Crippen molar-refractivity contribution < 1.29 is 19.4 Å². The standard InChI is InChI=1S/C25H24N2O4/c1-14-17(10-11-24(28)29)15(2)26-21(14)13-20-19-9-8-16(12-22(19)27-25(20)30)18-6-4-5-7-23(18)31-3/h4-9,12-13,26H,10-11H2,1-3H3,(H,27,30)(H,28,29)/b20-13+. The second-order valence-electron chi connectivity index (χ2n) is 7.63. The van der Waals surface area contributed by atoms with Crippen LogP contribution in [0.4, 0.5) is 5.69 Å². The second-order valence-corrected chi connectivity index (χ2v) is 7.63. The van der Waals surface area contributed by atoms with E-state index in [1.165, 1.54) is 0 Å². The molecule has 0 atom stereocenters. The Labute approximate surface area is 180 Å². The molecule has 6 nitrogen and oxygen atoms in total. The molecule has 1 aromatic heterocycles. The number of carbonyl (C=O) groups is 2. The summed E-state index contributed by atoms with van der Waals surface area (Å²) in [5, 5.41) is 11.9. The highest BCUT2D eigenvalue weighted by Crippen LogP contribution is 2.38. The lowest BCUT2D eigenvalue weighted by atomic mass is 9.98. The van der Waals surface area contributed by atoms with Gasteiger partial charge >= 0.3 is 5.97 Å². The fourth-order valence-corrected chi connectivity index (χ4v) is 4.10. The summed E-state index contributed by atoms with van der Waals surface area (Å²) in [6.07, 6.45) is 2.37. The number of benzene rings is 2. The van der Waals surface area contributed by atoms with Gasteiger partial charge in [-0.1, -0.05) is 30.3 Å². The molecule has 1 amide bonds. The molecule has 0 unspecified atom stereocenters. The maximum absolute atomic E-state index is 12.7. The highest BCUT2D eigenvalue weighted by Gasteiger charge is 2.25. The van der Waals surface area contributed by atoms with Gasteiger partial charge in [0.2, 0.25) is 0 Å². The summed E-state index contributed by atoms with van der Waals surface area (Å²) in [5.41, 5.74) is 7.79. The average Bonchev–Trinajstić information content (AvgIpc) is 3.21. The highest BCUT2D eigenvalue weighted by molar-refractivity contribution is 6.35. The third-order valence-corrected chi connectivity index (χ3v) is 5.73. The van der Waals surface area contributed by atoms with Crippen LogP contribution in [0.5, 0.6) is 5.75 Å². The van der Waals surface area contributed by atoms with Gasteiger partial charge < -0.3 is 20.1 Å². The van der Waals surface area contributed by atoms with Crippen LogP contribution in [0, 0.1) is 13.8 Å². The first-order valence-electron chi connectivity index (χ1n) is 10.1. The predicted molar refractivity (Wildman–Crippen MR) is 121 cm³/mol. The molecule has 0 saturated carbocycles. The number of para-hydroxylation sites is 1. The lowest BCUT2D eigenvalue weighted by Crippen LogP contribution is -2.03. The van der Waals surface area contributed by atoms with Crippen molar-refractivity contribution in [3.63, 3.8) is 0 Å². The number of hydrogen-bond donors (Lipinski definition) is 3. The number of aromatic nitrogens is 1. The quantitative estimate of drug-likeness (QED) is 0.503. The van der Waals surface area contributed by atoms with E-state index in [0.717, 1.165) is 50.6 Å². The Hall–Kier alpha value is -3.80. The van der Waals surface area contributed by atoms with E-state index in [1.807, 2.05) is 62.4 Å². The van der Waals surface area contributed by atoms with Crippen LogP contribution in [0.3, 0.4) is 0 Å². The van der Waals surface area contributed by atoms with E-state index in [2.05, 4.69) is 10.3 Å². The Bertz CT molecular complexity index is 1220. The number of amides is 1. The minimum atomic E-state index is -0.824. The number of fused-ring (bicyclic) bond motifs is 1. The molecule has 2 aromatic carbocycles. The molecule has 6 heteroatoms. The average molecular weight is 416 g/mol. The summed E-state index contributed by atoms with van der Waals surface area (Å²) in [6, 6.07) is 13.6. The SMILES string of the molecule is COc1ccccc1-c1ccc2c(c1)NC(=O)/C2=C/c1[nH]c(C)c(CCC(=O)O)c1C. The largest absolute Gasteiger partial charge is 0.496 e. The molecule has 3 N–H and O–H groups in total. The molecule has 0 radical (unpaired) electrons. The summed E-state index contributed by atoms with van der Waals surface area (Å²) < 4.78 is 5.46. The van der Waals surface area contributed by atoms with Crippen molar-refractivity contribution in [2.75, 3.05) is 12.4 Å². The monoisotopic (exact) mass is 416 g/mol. The van der Waals surface area contributed by atoms with Gasteiger partial charge in [-0.15, -0.1) is 0 Å². The summed E-state index contributed by atoms with van der Waals surface area (Å²) >= 11 is 0. The molecule has 0 aliphatic carbocycles. The Morgan fingerprint density at radius 2 is 1.90 bits per heavy atom. The van der Waals surface area contributed by atoms with E-state index in [0.29, 0.717) is 12.0 Å². The predicted octanol–water partition coefficient (Wildman–Crippen LogP) is 4.82. The lowest BCUT2D eigenvalue weighted by molar-refractivity contribution is -0.137. The number of carboxylic acids is 1. The normalized spacial score (nSPS) is 13.9. The maximum atomic E-state index is 12.7. The number of anilines is 1. The first-order chi connectivity index (χ1) is 14.9. The maximum Gasteiger partial charge on any atom is 0.303 e. The van der Waals surface area contributed by atoms with Crippen LogP contribution < -0.4 is 10.1 Å². The van der Waals surface area contributed by atoms with Crippen LogP contribution in [0.1, 0.15) is 34.5 Å². The fraction of sp³-hybridized carbons (Fsp3) is 0.200. The Balaban J connectivity index is 1.70. The molecular weight excluding hydrogens is 392 g/mol. The number of ether oxygens (including phenoxy) is 1. The number of aromatic amines is 1. The zero-order chi connectivity index (χ0) is 22.1. The van der Waals surface area contributed by atoms with E-state index in [1.54, 1.807) is 7.11 Å². The molecule has 158 valence electrons. The molecular formula is C25H24N2O4. The van der Waals surface area contributed by atoms with Gasteiger partial charge in [0.25, 0.3) is 5.91 Å². The third kappa shape index (κ3) is 3.84. The molecule has 1 aliphatic rings. The van der Waals surface area contributed by atoms with Crippen molar-refractivity contribution in [2.45, 2.75) is 26.7 Å². The van der Waals surface area contributed by atoms with Gasteiger partial charge in [-0.05, 0) is 55.2 Å². The summed E-state index contributed by atoms with van der Waals surface area (Å²) in [6.45, 7) is 3.88. The molecule has 3 aromatic rings. The van der Waals surface area contributed by atoms with Crippen molar-refractivity contribution in [3.8, 4) is 16.9 Å². The minimum Gasteiger partial charge on any atom is -0.496 e. The van der Waals surface area contributed by atoms with E-state index in [-0.39, 0.29) is 12.3 Å². The van der Waals surface area contributed by atoms with Crippen molar-refractivity contribution in [2.24, 2.45) is 0 Å². The Morgan fingerprint density at radius 1 is 1.13 bits per heavy atom. The summed E-state index contributed by atoms with van der Waals surface area (Å²) in [7, 11) is 1.64. The number of carboxylic acid groups (broad SMARTS) is 1. The topological polar surface area (TPSA) is 91.4 Å². The lowest BCUT2D eigenvalue weighted by Gasteiger charge is -2.09. The molecule has 0 saturated heterocycles. The van der Waals surface area contributed by atoms with Crippen molar-refractivity contribution in [3.05, 3.63) is 70.5 Å². The molecule has 0 fully saturated rings. The minimum absolute atomic E-state index is 0.0740. The molecule has 0 bridgehead atoms. The molecule has 1 aliphatic heterocycles. The zero-order valence-electron chi connectivity index (χ0n) is 17.7. The van der Waals surface area contributed by atoms with E-state index < -0.39 is 5.97 Å². The first-order valence-corrected chi connectivity index (χ1v) is 10.1. The van der Waals surface area contributed by atoms with Crippen LogP contribution in [0.25, 0.3) is 22.8 Å². The Kier molecular flexibility index (Phi) is 5.38. The van der Waals surface area contributed by atoms with Gasteiger partial charge in [0.15, 0.2) is 0 Å². The van der Waals surface area contributed by atoms with Gasteiger partial charge in [0, 0.05) is 34.6 Å². The second kappa shape index (κ2) is 8.14. The highest BCUT2D eigenvalue weighted by atomic mass is 16.5. The number of aliphatic carboxylic acids is 1. The number of carbonyl (C=O) groups excluding carboxylic acids is 1. The summed E-state index contributed by atoms with van der Waals surface area (Å²) in [5.74, 6) is -0.213. The Morgan fingerprint density at radius 3 is 2.65 bits per heavy atom. The zero-order valence-corrected chi connectivity index (χ0v) is 17.7. The van der Waals surface area contributed by atoms with Crippen LogP contribution in [0.15, 0.2) is 42.5 Å². The van der Waals surface area contributed by atoms with Gasteiger partial charge in [-0.3, -0.25) is 9.59 Å². The first kappa shape index (κ1) is 20.5. The van der Waals surface area contributed by atoms with Crippen LogP contribution in [-0.4, -0.2) is 29.1 Å². The van der Waals surface area contributed by atoms with E-state index >= 15 is 0 Å². The summed E-state index contributed by atoms with van der Waals surface area (Å²) in [4.78, 5) is 27.0. The molecule has 4 rings (SSSR count). The number of rotatable bonds is 6. The van der Waals surface area contributed by atoms with Crippen LogP contribution in [0.2, 0.25) is 0 Å². The molecule has 2 heterocycles. The number of hydrogen-bond acceptors (Lipinski definition) is 3.